The van der Waals surface area contributed by atoms with Gasteiger partial charge in [0.1, 0.15) is 0 Å². The van der Waals surface area contributed by atoms with Crippen LogP contribution in [0.5, 0.6) is 0 Å². The van der Waals surface area contributed by atoms with Gasteiger partial charge in [-0.3, -0.25) is 4.90 Å². The molecule has 2 rings (SSSR count). The zero-order valence-corrected chi connectivity index (χ0v) is 10.0. The summed E-state index contributed by atoms with van der Waals surface area (Å²) in [7, 11) is 0. The summed E-state index contributed by atoms with van der Waals surface area (Å²) < 4.78 is 5.46. The summed E-state index contributed by atoms with van der Waals surface area (Å²) in [4.78, 5) is 2.63. The maximum absolute atomic E-state index is 5.46. The lowest BCUT2D eigenvalue weighted by Gasteiger charge is -2.39. The highest BCUT2D eigenvalue weighted by Gasteiger charge is 2.31. The number of likely N-dealkylation sites (tertiary alicyclic amines) is 1. The normalized spacial score (nSPS) is 38.4. The molecule has 3 unspecified atom stereocenters. The van der Waals surface area contributed by atoms with Gasteiger partial charge in [0.2, 0.25) is 0 Å². The van der Waals surface area contributed by atoms with Crippen LogP contribution in [0.4, 0.5) is 0 Å². The van der Waals surface area contributed by atoms with Crippen molar-refractivity contribution < 1.29 is 4.74 Å². The van der Waals surface area contributed by atoms with Crippen LogP contribution in [0.25, 0.3) is 0 Å². The van der Waals surface area contributed by atoms with Crippen LogP contribution in [0.3, 0.4) is 0 Å². The fraction of sp³-hybridized carbons (Fsp3) is 1.00. The Morgan fingerprint density at radius 1 is 1.40 bits per heavy atom. The monoisotopic (exact) mass is 212 g/mol. The van der Waals surface area contributed by atoms with E-state index in [-0.39, 0.29) is 0 Å². The molecule has 2 fully saturated rings. The highest BCUT2D eigenvalue weighted by molar-refractivity contribution is 4.86. The quantitative estimate of drug-likeness (QED) is 0.758. The number of nitrogens with zero attached hydrogens (tertiary/aromatic N) is 1. The fourth-order valence-electron chi connectivity index (χ4n) is 2.88. The van der Waals surface area contributed by atoms with E-state index >= 15 is 0 Å². The van der Waals surface area contributed by atoms with E-state index in [1.54, 1.807) is 0 Å². The Hall–Kier alpha value is -0.120. The first-order valence-electron chi connectivity index (χ1n) is 6.36. The summed E-state index contributed by atoms with van der Waals surface area (Å²) in [5, 5.41) is 3.59. The van der Waals surface area contributed by atoms with Gasteiger partial charge in [-0.2, -0.15) is 0 Å². The summed E-state index contributed by atoms with van der Waals surface area (Å²) in [5.74, 6) is 0.777. The number of rotatable bonds is 3. The van der Waals surface area contributed by atoms with Gasteiger partial charge >= 0.3 is 0 Å². The van der Waals surface area contributed by atoms with Crippen LogP contribution in [0.2, 0.25) is 0 Å². The lowest BCUT2D eigenvalue weighted by Crippen LogP contribution is -2.51. The molecular weight excluding hydrogens is 188 g/mol. The Balaban J connectivity index is 1.81. The highest BCUT2D eigenvalue weighted by Crippen LogP contribution is 2.22. The molecule has 1 N–H and O–H groups in total. The lowest BCUT2D eigenvalue weighted by atomic mass is 9.92. The van der Waals surface area contributed by atoms with Crippen molar-refractivity contribution in [2.75, 3.05) is 32.8 Å². The van der Waals surface area contributed by atoms with Crippen molar-refractivity contribution >= 4 is 0 Å². The van der Waals surface area contributed by atoms with Gasteiger partial charge in [-0.15, -0.1) is 0 Å². The minimum absolute atomic E-state index is 0.704. The van der Waals surface area contributed by atoms with Crippen molar-refractivity contribution in [1.82, 2.24) is 10.2 Å². The smallest absolute Gasteiger partial charge is 0.0622 e. The molecule has 2 heterocycles. The molecule has 0 radical (unpaired) electrons. The number of ether oxygens (including phenoxy) is 1. The Bertz CT molecular complexity index is 192. The van der Waals surface area contributed by atoms with Crippen molar-refractivity contribution in [2.24, 2.45) is 5.92 Å². The fourth-order valence-corrected chi connectivity index (χ4v) is 2.88. The van der Waals surface area contributed by atoms with Gasteiger partial charge in [0, 0.05) is 31.8 Å². The molecule has 0 aromatic heterocycles. The van der Waals surface area contributed by atoms with E-state index in [1.807, 2.05) is 0 Å². The first-order valence-corrected chi connectivity index (χ1v) is 6.36. The van der Waals surface area contributed by atoms with Crippen LogP contribution in [-0.2, 0) is 4.74 Å². The van der Waals surface area contributed by atoms with E-state index in [2.05, 4.69) is 24.1 Å². The average molecular weight is 212 g/mol. The third-order valence-corrected chi connectivity index (χ3v) is 3.83. The molecule has 15 heavy (non-hydrogen) atoms. The first-order chi connectivity index (χ1) is 7.31. The maximum atomic E-state index is 5.46. The highest BCUT2D eigenvalue weighted by atomic mass is 16.5. The zero-order chi connectivity index (χ0) is 10.7. The largest absolute Gasteiger partial charge is 0.380 e. The Morgan fingerprint density at radius 2 is 2.27 bits per heavy atom. The van der Waals surface area contributed by atoms with Crippen molar-refractivity contribution in [2.45, 2.75) is 38.8 Å². The summed E-state index contributed by atoms with van der Waals surface area (Å²) in [6.07, 6.45) is 2.53. The second-order valence-electron chi connectivity index (χ2n) is 4.94. The molecule has 0 spiro atoms. The van der Waals surface area contributed by atoms with E-state index in [4.69, 9.17) is 4.74 Å². The number of hydrogen-bond donors (Lipinski definition) is 1. The predicted octanol–water partition coefficient (Wildman–Crippen LogP) is 1.10. The topological polar surface area (TPSA) is 24.5 Å². The molecule has 0 bridgehead atoms. The van der Waals surface area contributed by atoms with Crippen molar-refractivity contribution in [3.63, 3.8) is 0 Å². The SMILES string of the molecule is CCNC1CCN(C2CCOC2)CC1C. The Morgan fingerprint density at radius 3 is 2.87 bits per heavy atom. The maximum Gasteiger partial charge on any atom is 0.0622 e. The van der Waals surface area contributed by atoms with Crippen LogP contribution in [0.15, 0.2) is 0 Å². The molecule has 0 aliphatic carbocycles. The van der Waals surface area contributed by atoms with Crippen molar-refractivity contribution in [3.05, 3.63) is 0 Å². The lowest BCUT2D eigenvalue weighted by molar-refractivity contribution is 0.0902. The van der Waals surface area contributed by atoms with Crippen LogP contribution < -0.4 is 5.32 Å². The molecule has 2 aliphatic rings. The minimum atomic E-state index is 0.704. The molecule has 0 aromatic rings. The van der Waals surface area contributed by atoms with Gasteiger partial charge in [0.25, 0.3) is 0 Å². The van der Waals surface area contributed by atoms with Gasteiger partial charge in [0.05, 0.1) is 6.61 Å². The summed E-state index contributed by atoms with van der Waals surface area (Å²) in [5.41, 5.74) is 0. The molecule has 0 amide bonds. The van der Waals surface area contributed by atoms with Crippen LogP contribution in [0.1, 0.15) is 26.7 Å². The van der Waals surface area contributed by atoms with E-state index in [1.165, 1.54) is 25.9 Å². The van der Waals surface area contributed by atoms with Crippen LogP contribution in [0, 0.1) is 5.92 Å². The second-order valence-corrected chi connectivity index (χ2v) is 4.94. The molecule has 2 aliphatic heterocycles. The van der Waals surface area contributed by atoms with E-state index < -0.39 is 0 Å². The molecule has 2 saturated heterocycles. The van der Waals surface area contributed by atoms with Gasteiger partial charge < -0.3 is 10.1 Å². The van der Waals surface area contributed by atoms with Gasteiger partial charge in [0.15, 0.2) is 0 Å². The molecule has 88 valence electrons. The molecule has 0 aromatic carbocycles. The first kappa shape index (κ1) is 11.4. The molecule has 3 atom stereocenters. The van der Waals surface area contributed by atoms with E-state index in [0.29, 0.717) is 6.04 Å². The molecule has 3 heteroatoms. The van der Waals surface area contributed by atoms with Crippen LogP contribution in [-0.4, -0.2) is 49.8 Å². The summed E-state index contributed by atoms with van der Waals surface area (Å²) in [6.45, 7) is 10.1. The van der Waals surface area contributed by atoms with E-state index in [9.17, 15) is 0 Å². The number of hydrogen-bond acceptors (Lipinski definition) is 3. The minimum Gasteiger partial charge on any atom is -0.380 e. The Kier molecular flexibility index (Phi) is 4.00. The van der Waals surface area contributed by atoms with Crippen molar-refractivity contribution in [3.8, 4) is 0 Å². The summed E-state index contributed by atoms with van der Waals surface area (Å²) in [6, 6.07) is 1.43. The second kappa shape index (κ2) is 5.28. The number of piperidine rings is 1. The predicted molar refractivity (Wildman–Crippen MR) is 62.0 cm³/mol. The van der Waals surface area contributed by atoms with Crippen molar-refractivity contribution in [1.29, 1.82) is 0 Å². The number of nitrogens with one attached hydrogen (secondary N) is 1. The average Bonchev–Trinajstić information content (AvgIpc) is 2.74. The Labute approximate surface area is 93.2 Å². The van der Waals surface area contributed by atoms with Gasteiger partial charge in [-0.05, 0) is 25.3 Å². The molecular formula is C12H24N2O. The van der Waals surface area contributed by atoms with Gasteiger partial charge in [-0.1, -0.05) is 13.8 Å². The van der Waals surface area contributed by atoms with Crippen LogP contribution >= 0.6 is 0 Å². The standard InChI is InChI=1S/C12H24N2O/c1-3-13-12-4-6-14(8-10(12)2)11-5-7-15-9-11/h10-13H,3-9H2,1-2H3. The molecule has 0 saturated carbocycles. The summed E-state index contributed by atoms with van der Waals surface area (Å²) >= 11 is 0. The zero-order valence-electron chi connectivity index (χ0n) is 10.0. The third-order valence-electron chi connectivity index (χ3n) is 3.83. The van der Waals surface area contributed by atoms with E-state index in [0.717, 1.165) is 31.7 Å². The van der Waals surface area contributed by atoms with Gasteiger partial charge in [-0.25, -0.2) is 0 Å². The molecule has 3 nitrogen and oxygen atoms in total. The third kappa shape index (κ3) is 2.71.